The molecule has 4 heterocycles. The summed E-state index contributed by atoms with van der Waals surface area (Å²) < 4.78 is 37.1. The maximum Gasteiger partial charge on any atom is 0.409 e. The zero-order valence-corrected chi connectivity index (χ0v) is 26.9. The van der Waals surface area contributed by atoms with Crippen molar-refractivity contribution in [3.63, 3.8) is 0 Å². The number of carbonyl (C=O) groups is 2. The number of alkyl carbamates (subject to hydrolysis) is 1. The molecule has 3 fully saturated rings. The van der Waals surface area contributed by atoms with E-state index in [-0.39, 0.29) is 30.3 Å². The highest BCUT2D eigenvalue weighted by Gasteiger charge is 2.65. The number of halogens is 1. The van der Waals surface area contributed by atoms with E-state index in [1.165, 1.54) is 0 Å². The molecule has 11 heteroatoms. The average molecular weight is 619 g/mol. The van der Waals surface area contributed by atoms with Gasteiger partial charge >= 0.3 is 6.09 Å². The molecule has 5 bridgehead atoms. The van der Waals surface area contributed by atoms with Gasteiger partial charge in [-0.3, -0.25) is 10.1 Å². The molecule has 2 amide bonds. The van der Waals surface area contributed by atoms with E-state index in [1.54, 1.807) is 26.2 Å². The van der Waals surface area contributed by atoms with Crippen LogP contribution in [0.4, 0.5) is 10.5 Å². The fraction of sp³-hybridized carbons (Fsp3) is 0.625. The second-order valence-electron chi connectivity index (χ2n) is 12.6. The molecule has 5 rings (SSSR count). The van der Waals surface area contributed by atoms with Crippen LogP contribution in [0, 0.1) is 11.8 Å². The Morgan fingerprint density at radius 1 is 1.19 bits per heavy atom. The highest BCUT2D eigenvalue weighted by atomic mass is 35.5. The lowest BCUT2D eigenvalue weighted by Gasteiger charge is -2.48. The van der Waals surface area contributed by atoms with Gasteiger partial charge in [0.05, 0.1) is 25.3 Å². The van der Waals surface area contributed by atoms with Gasteiger partial charge in [-0.15, -0.1) is 0 Å². The number of anilines is 1. The SMILES string of the molecule is COc1cc2cc(c1Cl)N(C)C(=O)CC1OC(C(C)C)OC3(CC(OC(=O)N3)C(C)C3OC13C)C(OC)/C=C/C=C(\C)C2. The van der Waals surface area contributed by atoms with Crippen molar-refractivity contribution in [3.05, 3.63) is 46.5 Å². The Balaban J connectivity index is 1.67. The van der Waals surface area contributed by atoms with Gasteiger partial charge in [0, 0.05) is 32.4 Å². The summed E-state index contributed by atoms with van der Waals surface area (Å²) in [4.78, 5) is 28.6. The number of carbonyl (C=O) groups excluding carboxylic acids is 2. The fourth-order valence-electron chi connectivity index (χ4n) is 6.44. The average Bonchev–Trinajstić information content (AvgIpc) is 3.65. The van der Waals surface area contributed by atoms with E-state index in [9.17, 15) is 9.59 Å². The van der Waals surface area contributed by atoms with Crippen LogP contribution in [0.5, 0.6) is 5.75 Å². The number of benzene rings is 1. The number of ether oxygens (including phenoxy) is 6. The summed E-state index contributed by atoms with van der Waals surface area (Å²) >= 11 is 6.74. The van der Waals surface area contributed by atoms with Crippen molar-refractivity contribution in [2.24, 2.45) is 11.8 Å². The monoisotopic (exact) mass is 618 g/mol. The molecule has 1 N–H and O–H groups in total. The number of rotatable bonds is 3. The predicted octanol–water partition coefficient (Wildman–Crippen LogP) is 5.16. The lowest BCUT2D eigenvalue weighted by atomic mass is 9.83. The van der Waals surface area contributed by atoms with Crippen molar-refractivity contribution >= 4 is 29.3 Å². The van der Waals surface area contributed by atoms with Crippen LogP contribution in [0.25, 0.3) is 0 Å². The second kappa shape index (κ2) is 12.0. The maximum atomic E-state index is 14.0. The molecule has 8 unspecified atom stereocenters. The van der Waals surface area contributed by atoms with Gasteiger partial charge in [0.25, 0.3) is 0 Å². The zero-order chi connectivity index (χ0) is 31.3. The molecule has 1 spiro atoms. The molecule has 3 saturated heterocycles. The first kappa shape index (κ1) is 31.8. The van der Waals surface area contributed by atoms with Gasteiger partial charge in [0.1, 0.15) is 34.7 Å². The minimum absolute atomic E-state index is 0.00307. The van der Waals surface area contributed by atoms with Crippen LogP contribution >= 0.6 is 11.6 Å². The Morgan fingerprint density at radius 2 is 1.93 bits per heavy atom. The summed E-state index contributed by atoms with van der Waals surface area (Å²) in [7, 11) is 4.84. The van der Waals surface area contributed by atoms with Crippen molar-refractivity contribution in [2.45, 2.75) is 95.9 Å². The summed E-state index contributed by atoms with van der Waals surface area (Å²) in [6, 6.07) is 3.79. The van der Waals surface area contributed by atoms with Gasteiger partial charge in [0.15, 0.2) is 12.0 Å². The Hall–Kier alpha value is -2.63. The number of nitrogens with zero attached hydrogens (tertiary/aromatic N) is 1. The number of fused-ring (bicyclic) bond motifs is 8. The van der Waals surface area contributed by atoms with E-state index in [0.717, 1.165) is 11.1 Å². The summed E-state index contributed by atoms with van der Waals surface area (Å²) in [5, 5.41) is 3.29. The molecule has 4 aliphatic rings. The minimum Gasteiger partial charge on any atom is -0.495 e. The number of methoxy groups -OCH3 is 2. The summed E-state index contributed by atoms with van der Waals surface area (Å²) in [6.45, 7) is 9.87. The number of nitrogens with one attached hydrogen (secondary N) is 1. The van der Waals surface area contributed by atoms with E-state index in [0.29, 0.717) is 29.3 Å². The number of amides is 2. The van der Waals surface area contributed by atoms with Gasteiger partial charge in [-0.1, -0.05) is 56.2 Å². The number of hydrogen-bond donors (Lipinski definition) is 1. The van der Waals surface area contributed by atoms with Crippen LogP contribution in [0.2, 0.25) is 5.02 Å². The molecule has 1 aromatic rings. The minimum atomic E-state index is -1.30. The maximum absolute atomic E-state index is 14.0. The number of epoxide rings is 1. The van der Waals surface area contributed by atoms with Crippen LogP contribution in [0.3, 0.4) is 0 Å². The molecule has 0 aliphatic carbocycles. The molecule has 43 heavy (non-hydrogen) atoms. The van der Waals surface area contributed by atoms with Crippen molar-refractivity contribution in [1.82, 2.24) is 5.32 Å². The van der Waals surface area contributed by atoms with E-state index in [2.05, 4.69) is 5.32 Å². The molecular formula is C32H43ClN2O8. The van der Waals surface area contributed by atoms with Crippen LogP contribution in [-0.4, -0.2) is 75.3 Å². The molecule has 4 aliphatic heterocycles. The first-order chi connectivity index (χ1) is 20.3. The fourth-order valence-corrected chi connectivity index (χ4v) is 6.76. The topological polar surface area (TPSA) is 108 Å². The lowest BCUT2D eigenvalue weighted by molar-refractivity contribution is -0.291. The van der Waals surface area contributed by atoms with Crippen LogP contribution < -0.4 is 15.0 Å². The molecule has 0 radical (unpaired) electrons. The first-order valence-corrected chi connectivity index (χ1v) is 15.2. The largest absolute Gasteiger partial charge is 0.495 e. The van der Waals surface area contributed by atoms with Crippen molar-refractivity contribution in [3.8, 4) is 5.75 Å². The van der Waals surface area contributed by atoms with E-state index in [1.807, 2.05) is 65.0 Å². The third kappa shape index (κ3) is 6.04. The van der Waals surface area contributed by atoms with Gasteiger partial charge in [-0.05, 0) is 38.0 Å². The van der Waals surface area contributed by atoms with Gasteiger partial charge in [-0.25, -0.2) is 4.79 Å². The van der Waals surface area contributed by atoms with E-state index in [4.69, 9.17) is 40.0 Å². The lowest BCUT2D eigenvalue weighted by Crippen LogP contribution is -2.67. The zero-order valence-electron chi connectivity index (χ0n) is 26.1. The number of allylic oxidation sites excluding steroid dienone is 3. The second-order valence-corrected chi connectivity index (χ2v) is 13.0. The summed E-state index contributed by atoms with van der Waals surface area (Å²) in [5.41, 5.74) is 0.412. The molecule has 1 aromatic carbocycles. The Kier molecular flexibility index (Phi) is 8.90. The normalized spacial score (nSPS) is 38.4. The van der Waals surface area contributed by atoms with Gasteiger partial charge in [0.2, 0.25) is 5.91 Å². The van der Waals surface area contributed by atoms with Crippen molar-refractivity contribution in [2.75, 3.05) is 26.2 Å². The highest BCUT2D eigenvalue weighted by Crippen LogP contribution is 2.51. The molecule has 236 valence electrons. The van der Waals surface area contributed by atoms with Gasteiger partial charge < -0.3 is 33.3 Å². The third-order valence-electron chi connectivity index (χ3n) is 9.10. The quantitative estimate of drug-likeness (QED) is 0.463. The van der Waals surface area contributed by atoms with Crippen molar-refractivity contribution < 1.29 is 38.0 Å². The highest BCUT2D eigenvalue weighted by molar-refractivity contribution is 6.35. The summed E-state index contributed by atoms with van der Waals surface area (Å²) in [6.07, 6.45) is 3.05. The summed E-state index contributed by atoms with van der Waals surface area (Å²) in [5.74, 6) is -0.0853. The molecule has 10 nitrogen and oxygen atoms in total. The van der Waals surface area contributed by atoms with Crippen LogP contribution in [0.1, 0.15) is 53.0 Å². The smallest absolute Gasteiger partial charge is 0.409 e. The molecule has 8 atom stereocenters. The number of hydrogen-bond acceptors (Lipinski definition) is 8. The Bertz CT molecular complexity index is 1320. The molecule has 0 aromatic heterocycles. The van der Waals surface area contributed by atoms with E-state index < -0.39 is 42.0 Å². The standard InChI is InChI=1S/C32H43ClN2O8/c1-17(2)29-41-25-15-26(36)35(6)21-13-20(14-22(38-7)27(21)33)12-18(3)10-9-11-24(39-8)32(43-29)16-23(40-30(37)34-32)19(4)28-31(25,5)42-28/h9-11,13-14,17,19,23-25,28-29H,12,15-16H2,1-8H3,(H,34,37)/b11-9+,18-10+. The van der Waals surface area contributed by atoms with Crippen LogP contribution in [-0.2, 0) is 34.9 Å². The van der Waals surface area contributed by atoms with Crippen LogP contribution in [0.15, 0.2) is 35.9 Å². The Morgan fingerprint density at radius 3 is 2.60 bits per heavy atom. The predicted molar refractivity (Wildman–Crippen MR) is 161 cm³/mol. The Labute approximate surface area is 258 Å². The first-order valence-electron chi connectivity index (χ1n) is 14.8. The van der Waals surface area contributed by atoms with Crippen molar-refractivity contribution in [1.29, 1.82) is 0 Å². The third-order valence-corrected chi connectivity index (χ3v) is 9.48. The molecule has 0 saturated carbocycles. The van der Waals surface area contributed by atoms with E-state index >= 15 is 0 Å². The molecular weight excluding hydrogens is 576 g/mol. The van der Waals surface area contributed by atoms with Gasteiger partial charge in [-0.2, -0.15) is 0 Å².